The highest BCUT2D eigenvalue weighted by atomic mass is 35.5. The van der Waals surface area contributed by atoms with Gasteiger partial charge in [0, 0.05) is 29.0 Å². The maximum atomic E-state index is 6.03. The summed E-state index contributed by atoms with van der Waals surface area (Å²) in [5, 5.41) is 7.57. The Morgan fingerprint density at radius 3 is 2.52 bits per heavy atom. The SMILES string of the molecule is CC(C)c1cc(Nc2cccc(Cl)c2)ncc1CNC(C)(C)C. The lowest BCUT2D eigenvalue weighted by molar-refractivity contribution is 0.422. The van der Waals surface area contributed by atoms with Gasteiger partial charge in [0.05, 0.1) is 0 Å². The van der Waals surface area contributed by atoms with Gasteiger partial charge in [-0.2, -0.15) is 0 Å². The van der Waals surface area contributed by atoms with E-state index in [1.807, 2.05) is 30.5 Å². The molecular weight excluding hydrogens is 306 g/mol. The van der Waals surface area contributed by atoms with Gasteiger partial charge in [0.25, 0.3) is 0 Å². The van der Waals surface area contributed by atoms with Gasteiger partial charge in [-0.3, -0.25) is 0 Å². The first kappa shape index (κ1) is 17.8. The van der Waals surface area contributed by atoms with Gasteiger partial charge < -0.3 is 10.6 Å². The number of hydrogen-bond acceptors (Lipinski definition) is 3. The lowest BCUT2D eigenvalue weighted by Crippen LogP contribution is -2.35. The van der Waals surface area contributed by atoms with Crippen LogP contribution in [0.1, 0.15) is 51.7 Å². The summed E-state index contributed by atoms with van der Waals surface area (Å²) in [5.41, 5.74) is 3.58. The second-order valence-electron chi connectivity index (χ2n) is 7.16. The van der Waals surface area contributed by atoms with Crippen molar-refractivity contribution in [1.29, 1.82) is 0 Å². The number of halogens is 1. The van der Waals surface area contributed by atoms with E-state index in [2.05, 4.69) is 56.3 Å². The largest absolute Gasteiger partial charge is 0.340 e. The summed E-state index contributed by atoms with van der Waals surface area (Å²) in [7, 11) is 0. The number of benzene rings is 1. The van der Waals surface area contributed by atoms with Crippen LogP contribution in [0.4, 0.5) is 11.5 Å². The van der Waals surface area contributed by atoms with Crippen LogP contribution in [0.2, 0.25) is 5.02 Å². The van der Waals surface area contributed by atoms with Crippen molar-refractivity contribution in [3.63, 3.8) is 0 Å². The van der Waals surface area contributed by atoms with Crippen molar-refractivity contribution in [3.05, 3.63) is 52.7 Å². The molecule has 0 spiro atoms. The Hall–Kier alpha value is -1.58. The third-order valence-corrected chi connectivity index (χ3v) is 3.79. The number of aromatic nitrogens is 1. The van der Waals surface area contributed by atoms with Gasteiger partial charge in [0.1, 0.15) is 5.82 Å². The molecule has 0 saturated heterocycles. The molecule has 2 aromatic rings. The Bertz CT molecular complexity index is 660. The van der Waals surface area contributed by atoms with Gasteiger partial charge in [-0.25, -0.2) is 4.98 Å². The summed E-state index contributed by atoms with van der Waals surface area (Å²) < 4.78 is 0. The average Bonchev–Trinajstić information content (AvgIpc) is 2.45. The standard InChI is InChI=1S/C19H26ClN3/c1-13(2)17-10-18(23-16-8-6-7-15(20)9-16)21-11-14(17)12-22-19(3,4)5/h6-11,13,22H,12H2,1-5H3,(H,21,23). The Morgan fingerprint density at radius 1 is 1.17 bits per heavy atom. The fraction of sp³-hybridized carbons (Fsp3) is 0.421. The van der Waals surface area contributed by atoms with Crippen LogP contribution >= 0.6 is 11.6 Å². The summed E-state index contributed by atoms with van der Waals surface area (Å²) in [6, 6.07) is 9.80. The molecule has 4 heteroatoms. The monoisotopic (exact) mass is 331 g/mol. The lowest BCUT2D eigenvalue weighted by Gasteiger charge is -2.22. The smallest absolute Gasteiger partial charge is 0.130 e. The average molecular weight is 332 g/mol. The molecule has 0 bridgehead atoms. The van der Waals surface area contributed by atoms with Gasteiger partial charge in [-0.1, -0.05) is 31.5 Å². The van der Waals surface area contributed by atoms with Crippen molar-refractivity contribution < 1.29 is 0 Å². The molecule has 0 aliphatic rings. The van der Waals surface area contributed by atoms with Crippen molar-refractivity contribution in [1.82, 2.24) is 10.3 Å². The molecule has 0 saturated carbocycles. The first-order valence-electron chi connectivity index (χ1n) is 8.01. The molecule has 0 aliphatic carbocycles. The topological polar surface area (TPSA) is 37.0 Å². The fourth-order valence-corrected chi connectivity index (χ4v) is 2.52. The van der Waals surface area contributed by atoms with E-state index < -0.39 is 0 Å². The molecule has 0 amide bonds. The van der Waals surface area contributed by atoms with Gasteiger partial charge in [-0.15, -0.1) is 0 Å². The van der Waals surface area contributed by atoms with E-state index in [0.29, 0.717) is 10.9 Å². The second-order valence-corrected chi connectivity index (χ2v) is 7.60. The highest BCUT2D eigenvalue weighted by molar-refractivity contribution is 6.30. The number of nitrogens with one attached hydrogen (secondary N) is 2. The molecule has 1 heterocycles. The molecule has 23 heavy (non-hydrogen) atoms. The van der Waals surface area contributed by atoms with Gasteiger partial charge in [0.15, 0.2) is 0 Å². The molecule has 0 atom stereocenters. The van der Waals surface area contributed by atoms with Crippen molar-refractivity contribution in [2.45, 2.75) is 52.6 Å². The highest BCUT2D eigenvalue weighted by Crippen LogP contribution is 2.25. The molecule has 124 valence electrons. The number of pyridine rings is 1. The van der Waals surface area contributed by atoms with Gasteiger partial charge in [-0.05, 0) is 62.1 Å². The molecule has 0 aliphatic heterocycles. The quantitative estimate of drug-likeness (QED) is 0.760. The molecule has 0 unspecified atom stereocenters. The Labute approximate surface area is 144 Å². The Kier molecular flexibility index (Phi) is 5.66. The summed E-state index contributed by atoms with van der Waals surface area (Å²) in [5.74, 6) is 1.28. The fourth-order valence-electron chi connectivity index (χ4n) is 2.33. The normalized spacial score (nSPS) is 11.8. The van der Waals surface area contributed by atoms with Crippen LogP contribution in [0.15, 0.2) is 36.5 Å². The predicted octanol–water partition coefficient (Wildman–Crippen LogP) is 5.49. The number of nitrogens with zero attached hydrogens (tertiary/aromatic N) is 1. The maximum Gasteiger partial charge on any atom is 0.130 e. The number of anilines is 2. The summed E-state index contributed by atoms with van der Waals surface area (Å²) >= 11 is 6.03. The van der Waals surface area contributed by atoms with Gasteiger partial charge >= 0.3 is 0 Å². The Balaban J connectivity index is 2.21. The van der Waals surface area contributed by atoms with E-state index in [-0.39, 0.29) is 5.54 Å². The molecule has 0 fully saturated rings. The third kappa shape index (κ3) is 5.52. The maximum absolute atomic E-state index is 6.03. The molecule has 2 N–H and O–H groups in total. The lowest BCUT2D eigenvalue weighted by atomic mass is 9.98. The minimum Gasteiger partial charge on any atom is -0.340 e. The number of rotatable bonds is 5. The van der Waals surface area contributed by atoms with Crippen LogP contribution in [0.5, 0.6) is 0 Å². The summed E-state index contributed by atoms with van der Waals surface area (Å²) in [6.45, 7) is 11.7. The van der Waals surface area contributed by atoms with E-state index in [9.17, 15) is 0 Å². The molecule has 0 radical (unpaired) electrons. The first-order chi connectivity index (χ1) is 10.7. The third-order valence-electron chi connectivity index (χ3n) is 3.55. The Morgan fingerprint density at radius 2 is 1.91 bits per heavy atom. The molecule has 3 nitrogen and oxygen atoms in total. The minimum atomic E-state index is 0.0892. The van der Waals surface area contributed by atoms with E-state index in [4.69, 9.17) is 11.6 Å². The molecular formula is C19H26ClN3. The zero-order valence-corrected chi connectivity index (χ0v) is 15.3. The summed E-state index contributed by atoms with van der Waals surface area (Å²) in [4.78, 5) is 4.55. The minimum absolute atomic E-state index is 0.0892. The highest BCUT2D eigenvalue weighted by Gasteiger charge is 2.13. The summed E-state index contributed by atoms with van der Waals surface area (Å²) in [6.07, 6.45) is 1.96. The van der Waals surface area contributed by atoms with E-state index >= 15 is 0 Å². The van der Waals surface area contributed by atoms with E-state index in [1.165, 1.54) is 11.1 Å². The van der Waals surface area contributed by atoms with Crippen LogP contribution in [0.25, 0.3) is 0 Å². The molecule has 2 rings (SSSR count). The van der Waals surface area contributed by atoms with E-state index in [0.717, 1.165) is 18.1 Å². The van der Waals surface area contributed by atoms with Crippen LogP contribution in [0, 0.1) is 0 Å². The molecule has 1 aromatic heterocycles. The van der Waals surface area contributed by atoms with Crippen molar-refractivity contribution in [2.24, 2.45) is 0 Å². The zero-order chi connectivity index (χ0) is 17.0. The zero-order valence-electron chi connectivity index (χ0n) is 14.6. The van der Waals surface area contributed by atoms with E-state index in [1.54, 1.807) is 0 Å². The van der Waals surface area contributed by atoms with Crippen molar-refractivity contribution in [3.8, 4) is 0 Å². The van der Waals surface area contributed by atoms with Crippen LogP contribution in [-0.4, -0.2) is 10.5 Å². The predicted molar refractivity (Wildman–Crippen MR) is 99.7 cm³/mol. The second kappa shape index (κ2) is 7.33. The van der Waals surface area contributed by atoms with Crippen LogP contribution in [0.3, 0.4) is 0 Å². The van der Waals surface area contributed by atoms with Crippen LogP contribution in [-0.2, 0) is 6.54 Å². The first-order valence-corrected chi connectivity index (χ1v) is 8.39. The number of hydrogen-bond donors (Lipinski definition) is 2. The van der Waals surface area contributed by atoms with Crippen LogP contribution < -0.4 is 10.6 Å². The molecule has 1 aromatic carbocycles. The van der Waals surface area contributed by atoms with Crippen molar-refractivity contribution in [2.75, 3.05) is 5.32 Å². The van der Waals surface area contributed by atoms with Crippen molar-refractivity contribution >= 4 is 23.1 Å². The van der Waals surface area contributed by atoms with Gasteiger partial charge in [0.2, 0.25) is 0 Å².